The van der Waals surface area contributed by atoms with Gasteiger partial charge in [0.15, 0.2) is 0 Å². The quantitative estimate of drug-likeness (QED) is 0.581. The van der Waals surface area contributed by atoms with Gasteiger partial charge in [-0.25, -0.2) is 4.79 Å². The molecule has 1 saturated heterocycles. The second-order valence-corrected chi connectivity index (χ2v) is 9.19. The molecule has 0 radical (unpaired) electrons. The smallest absolute Gasteiger partial charge is 0.364 e. The van der Waals surface area contributed by atoms with Crippen LogP contribution in [-0.4, -0.2) is 51.4 Å². The maximum Gasteiger partial charge on any atom is 0.364 e. The molecule has 1 aliphatic rings. The Hall–Kier alpha value is -2.62. The van der Waals surface area contributed by atoms with E-state index in [2.05, 4.69) is 0 Å². The molecule has 2 aromatic rings. The molecular formula is C22H26O8S. The van der Waals surface area contributed by atoms with Crippen LogP contribution >= 0.6 is 0 Å². The zero-order valence-electron chi connectivity index (χ0n) is 17.4. The van der Waals surface area contributed by atoms with Crippen molar-refractivity contribution in [3.05, 3.63) is 59.7 Å². The third-order valence-corrected chi connectivity index (χ3v) is 5.35. The Balaban J connectivity index is 1.42. The summed E-state index contributed by atoms with van der Waals surface area (Å²) in [7, 11) is -3.53. The Morgan fingerprint density at radius 3 is 2.13 bits per heavy atom. The number of hydrogen-bond donors (Lipinski definition) is 1. The van der Waals surface area contributed by atoms with Gasteiger partial charge in [-0.2, -0.15) is 8.42 Å². The van der Waals surface area contributed by atoms with Crippen LogP contribution in [0.4, 0.5) is 0 Å². The molecule has 0 unspecified atom stereocenters. The number of hydrogen-bond acceptors (Lipinski definition) is 7. The molecule has 0 bridgehead atoms. The molecule has 9 heteroatoms. The number of aliphatic carboxylic acids is 1. The molecule has 31 heavy (non-hydrogen) atoms. The number of carboxylic acids is 1. The molecular weight excluding hydrogens is 424 g/mol. The summed E-state index contributed by atoms with van der Waals surface area (Å²) >= 11 is 0. The molecule has 0 saturated carbocycles. The first kappa shape index (κ1) is 23.1. The number of benzene rings is 2. The number of rotatable bonds is 9. The van der Waals surface area contributed by atoms with Crippen LogP contribution in [0.15, 0.2) is 48.5 Å². The van der Waals surface area contributed by atoms with Gasteiger partial charge in [-0.1, -0.05) is 24.3 Å². The molecule has 8 nitrogen and oxygen atoms in total. The summed E-state index contributed by atoms with van der Waals surface area (Å²) in [6, 6.07) is 14.6. The van der Waals surface area contributed by atoms with Gasteiger partial charge >= 0.3 is 16.1 Å². The van der Waals surface area contributed by atoms with Gasteiger partial charge in [0.2, 0.25) is 0 Å². The molecule has 0 spiro atoms. The number of carbonyl (C=O) groups is 1. The second kappa shape index (κ2) is 9.67. The van der Waals surface area contributed by atoms with E-state index in [1.54, 1.807) is 24.3 Å². The van der Waals surface area contributed by atoms with E-state index in [9.17, 15) is 13.2 Å². The van der Waals surface area contributed by atoms with Crippen molar-refractivity contribution >= 4 is 16.1 Å². The van der Waals surface area contributed by atoms with Gasteiger partial charge in [-0.3, -0.25) is 0 Å². The highest BCUT2D eigenvalue weighted by Crippen LogP contribution is 2.24. The van der Waals surface area contributed by atoms with Crippen LogP contribution < -0.4 is 8.92 Å². The molecule has 3 rings (SSSR count). The molecule has 2 aromatic carbocycles. The van der Waals surface area contributed by atoms with Gasteiger partial charge in [0, 0.05) is 19.3 Å². The molecule has 1 N–H and O–H groups in total. The minimum Gasteiger partial charge on any atom is -0.493 e. The van der Waals surface area contributed by atoms with E-state index in [0.29, 0.717) is 26.2 Å². The van der Waals surface area contributed by atoms with Gasteiger partial charge < -0.3 is 23.5 Å². The Morgan fingerprint density at radius 1 is 1.03 bits per heavy atom. The van der Waals surface area contributed by atoms with E-state index in [1.165, 1.54) is 6.92 Å². The lowest BCUT2D eigenvalue weighted by Crippen LogP contribution is -2.48. The number of carboxylic acid groups (broad SMARTS) is 1. The SMILES string of the molecule is CS(=O)(=O)Oc1ccc(CCOc2ccc(C[C@H]3CO[C@](C)(C(=O)O)OC3)cc2)cc1. The molecule has 1 aliphatic heterocycles. The highest BCUT2D eigenvalue weighted by molar-refractivity contribution is 7.86. The predicted octanol–water partition coefficient (Wildman–Crippen LogP) is 2.65. The van der Waals surface area contributed by atoms with Crippen LogP contribution in [0.5, 0.6) is 11.5 Å². The first-order valence-corrected chi connectivity index (χ1v) is 11.7. The Labute approximate surface area is 181 Å². The van der Waals surface area contributed by atoms with Gasteiger partial charge in [-0.05, 0) is 41.8 Å². The summed E-state index contributed by atoms with van der Waals surface area (Å²) in [6.07, 6.45) is 2.39. The molecule has 0 aliphatic carbocycles. The third-order valence-electron chi connectivity index (χ3n) is 4.86. The minimum absolute atomic E-state index is 0.0915. The topological polar surface area (TPSA) is 108 Å². The Bertz CT molecular complexity index is 975. The van der Waals surface area contributed by atoms with Crippen molar-refractivity contribution in [3.8, 4) is 11.5 Å². The average Bonchev–Trinajstić information content (AvgIpc) is 2.71. The van der Waals surface area contributed by atoms with E-state index in [0.717, 1.165) is 29.6 Å². The summed E-state index contributed by atoms with van der Waals surface area (Å²) in [4.78, 5) is 11.1. The van der Waals surface area contributed by atoms with E-state index in [4.69, 9.17) is 23.5 Å². The molecule has 168 valence electrons. The highest BCUT2D eigenvalue weighted by Gasteiger charge is 2.40. The van der Waals surface area contributed by atoms with Crippen molar-refractivity contribution in [2.45, 2.75) is 25.6 Å². The average molecular weight is 451 g/mol. The normalized spacial score (nSPS) is 21.4. The van der Waals surface area contributed by atoms with Crippen LogP contribution in [0.2, 0.25) is 0 Å². The zero-order valence-corrected chi connectivity index (χ0v) is 18.3. The summed E-state index contributed by atoms with van der Waals surface area (Å²) in [5.74, 6) is -1.56. The molecule has 0 atom stereocenters. The largest absolute Gasteiger partial charge is 0.493 e. The van der Waals surface area contributed by atoms with E-state index in [1.807, 2.05) is 24.3 Å². The van der Waals surface area contributed by atoms with Crippen LogP contribution in [0.25, 0.3) is 0 Å². The monoisotopic (exact) mass is 450 g/mol. The highest BCUT2D eigenvalue weighted by atomic mass is 32.2. The van der Waals surface area contributed by atoms with Gasteiger partial charge in [0.25, 0.3) is 5.79 Å². The van der Waals surface area contributed by atoms with Gasteiger partial charge in [0.05, 0.1) is 26.1 Å². The number of ether oxygens (including phenoxy) is 3. The van der Waals surface area contributed by atoms with Crippen LogP contribution in [0.3, 0.4) is 0 Å². The van der Waals surface area contributed by atoms with Crippen molar-refractivity contribution < 1.29 is 36.7 Å². The van der Waals surface area contributed by atoms with Crippen molar-refractivity contribution in [1.82, 2.24) is 0 Å². The van der Waals surface area contributed by atoms with Crippen molar-refractivity contribution in [2.24, 2.45) is 5.92 Å². The standard InChI is InChI=1S/C22H26O8S/c1-22(21(23)24)28-14-18(15-29-22)13-17-5-7-19(8-6-17)27-12-11-16-3-9-20(10-4-16)30-31(2,25)26/h3-10,18H,11-15H2,1-2H3,(H,23,24)/t18-,22-. The lowest BCUT2D eigenvalue weighted by atomic mass is 9.99. The van der Waals surface area contributed by atoms with Crippen LogP contribution in [0.1, 0.15) is 18.1 Å². The minimum atomic E-state index is -3.53. The lowest BCUT2D eigenvalue weighted by Gasteiger charge is -2.34. The van der Waals surface area contributed by atoms with Crippen LogP contribution in [0, 0.1) is 5.92 Å². The van der Waals surface area contributed by atoms with Crippen LogP contribution in [-0.2, 0) is 37.2 Å². The van der Waals surface area contributed by atoms with E-state index >= 15 is 0 Å². The predicted molar refractivity (Wildman–Crippen MR) is 113 cm³/mol. The van der Waals surface area contributed by atoms with Gasteiger partial charge in [-0.15, -0.1) is 0 Å². The van der Waals surface area contributed by atoms with E-state index < -0.39 is 21.9 Å². The maximum absolute atomic E-state index is 11.1. The van der Waals surface area contributed by atoms with Crippen molar-refractivity contribution in [3.63, 3.8) is 0 Å². The summed E-state index contributed by atoms with van der Waals surface area (Å²) in [5, 5.41) is 9.11. The van der Waals surface area contributed by atoms with Crippen molar-refractivity contribution in [1.29, 1.82) is 0 Å². The van der Waals surface area contributed by atoms with Gasteiger partial charge in [0.1, 0.15) is 11.5 Å². The van der Waals surface area contributed by atoms with E-state index in [-0.39, 0.29) is 11.7 Å². The summed E-state index contributed by atoms with van der Waals surface area (Å²) in [6.45, 7) is 2.54. The Kier molecular flexibility index (Phi) is 7.19. The fourth-order valence-electron chi connectivity index (χ4n) is 3.11. The zero-order chi connectivity index (χ0) is 22.5. The summed E-state index contributed by atoms with van der Waals surface area (Å²) < 4.78 is 43.6. The second-order valence-electron chi connectivity index (χ2n) is 7.62. The summed E-state index contributed by atoms with van der Waals surface area (Å²) in [5.41, 5.74) is 2.09. The fraction of sp³-hybridized carbons (Fsp3) is 0.409. The first-order chi connectivity index (χ1) is 14.6. The first-order valence-electron chi connectivity index (χ1n) is 9.84. The fourth-order valence-corrected chi connectivity index (χ4v) is 3.57. The molecule has 1 fully saturated rings. The maximum atomic E-state index is 11.1. The lowest BCUT2D eigenvalue weighted by molar-refractivity contribution is -0.270. The van der Waals surface area contributed by atoms with Crippen molar-refractivity contribution in [2.75, 3.05) is 26.1 Å². The molecule has 0 aromatic heterocycles. The molecule has 0 amide bonds. The Morgan fingerprint density at radius 2 is 1.58 bits per heavy atom. The third kappa shape index (κ3) is 6.95. The molecule has 1 heterocycles.